The summed E-state index contributed by atoms with van der Waals surface area (Å²) in [5, 5.41) is 11.5. The monoisotopic (exact) mass is 357 g/mol. The number of benzene rings is 2. The zero-order valence-electron chi connectivity index (χ0n) is 15.8. The number of aliphatic hydroxyl groups is 1. The third-order valence-corrected chi connectivity index (χ3v) is 5.46. The minimum atomic E-state index is -0.868. The van der Waals surface area contributed by atoms with E-state index in [4.69, 9.17) is 4.74 Å². The summed E-state index contributed by atoms with van der Waals surface area (Å²) >= 11 is 0. The second-order valence-electron chi connectivity index (χ2n) is 7.60. The normalized spacial score (nSPS) is 26.2. The van der Waals surface area contributed by atoms with Gasteiger partial charge < -0.3 is 14.7 Å². The molecule has 1 aliphatic carbocycles. The zero-order valence-corrected chi connectivity index (χ0v) is 15.8. The van der Waals surface area contributed by atoms with Crippen molar-refractivity contribution in [3.8, 4) is 0 Å². The second kappa shape index (κ2) is 7.87. The van der Waals surface area contributed by atoms with Crippen molar-refractivity contribution in [2.24, 2.45) is 0 Å². The molecule has 3 unspecified atom stereocenters. The lowest BCUT2D eigenvalue weighted by molar-refractivity contribution is -0.112. The minimum absolute atomic E-state index is 0.0165. The van der Waals surface area contributed by atoms with Crippen molar-refractivity contribution in [2.45, 2.75) is 50.5 Å². The predicted octanol–water partition coefficient (Wildman–Crippen LogP) is 4.02. The molecule has 0 bridgehead atoms. The lowest BCUT2D eigenvalue weighted by atomic mass is 9.74. The van der Waals surface area contributed by atoms with E-state index >= 15 is 0 Å². The highest BCUT2D eigenvalue weighted by molar-refractivity contribution is 5.29. The van der Waals surface area contributed by atoms with Gasteiger partial charge in [-0.2, -0.15) is 0 Å². The highest BCUT2D eigenvalue weighted by Crippen LogP contribution is 2.40. The molecule has 0 spiro atoms. The van der Waals surface area contributed by atoms with Gasteiger partial charge in [0, 0.05) is 6.04 Å². The second-order valence-corrected chi connectivity index (χ2v) is 7.60. The number of hydrogen-bond acceptors (Lipinski definition) is 3. The van der Waals surface area contributed by atoms with Gasteiger partial charge in [0.2, 0.25) is 0 Å². The first-order chi connectivity index (χ1) is 12.4. The standard InChI is InChI=1S/C22H28FNO2/c1-16-4-8-18(9-5-16)22(25)13-12-20(14-21(22)24(2)3)26-15-17-6-10-19(23)11-7-17/h4-11,20-21,25H,12-15H2,1-3H3. The van der Waals surface area contributed by atoms with Crippen molar-refractivity contribution in [1.82, 2.24) is 4.90 Å². The molecule has 0 heterocycles. The molecule has 4 heteroatoms. The molecule has 2 aromatic carbocycles. The van der Waals surface area contributed by atoms with E-state index in [1.54, 1.807) is 12.1 Å². The van der Waals surface area contributed by atoms with Crippen LogP contribution in [0.2, 0.25) is 0 Å². The molecular formula is C22H28FNO2. The van der Waals surface area contributed by atoms with Crippen molar-refractivity contribution in [3.05, 3.63) is 71.0 Å². The van der Waals surface area contributed by atoms with E-state index in [0.29, 0.717) is 13.0 Å². The Morgan fingerprint density at radius 1 is 1.12 bits per heavy atom. The molecule has 26 heavy (non-hydrogen) atoms. The quantitative estimate of drug-likeness (QED) is 0.877. The molecule has 140 valence electrons. The van der Waals surface area contributed by atoms with E-state index in [-0.39, 0.29) is 18.0 Å². The maximum absolute atomic E-state index is 13.0. The minimum Gasteiger partial charge on any atom is -0.384 e. The first kappa shape index (κ1) is 19.0. The summed E-state index contributed by atoms with van der Waals surface area (Å²) in [6, 6.07) is 14.6. The molecule has 1 fully saturated rings. The van der Waals surface area contributed by atoms with Gasteiger partial charge in [-0.05, 0) is 63.5 Å². The summed E-state index contributed by atoms with van der Waals surface area (Å²) in [5.74, 6) is -0.234. The van der Waals surface area contributed by atoms with Crippen LogP contribution in [-0.4, -0.2) is 36.2 Å². The number of hydrogen-bond donors (Lipinski definition) is 1. The summed E-state index contributed by atoms with van der Waals surface area (Å²) in [6.45, 7) is 2.52. The fourth-order valence-corrected chi connectivity index (χ4v) is 3.87. The van der Waals surface area contributed by atoms with E-state index in [1.807, 2.05) is 26.2 Å². The largest absolute Gasteiger partial charge is 0.384 e. The van der Waals surface area contributed by atoms with E-state index < -0.39 is 5.60 Å². The molecule has 1 aliphatic rings. The molecule has 3 rings (SSSR count). The summed E-state index contributed by atoms with van der Waals surface area (Å²) in [5.41, 5.74) is 2.26. The van der Waals surface area contributed by atoms with Gasteiger partial charge >= 0.3 is 0 Å². The zero-order chi connectivity index (χ0) is 18.7. The molecule has 3 atom stereocenters. The van der Waals surface area contributed by atoms with Crippen LogP contribution in [0.5, 0.6) is 0 Å². The fraction of sp³-hybridized carbons (Fsp3) is 0.455. The van der Waals surface area contributed by atoms with Gasteiger partial charge in [0.1, 0.15) is 11.4 Å². The van der Waals surface area contributed by atoms with Gasteiger partial charge in [0.05, 0.1) is 12.7 Å². The summed E-state index contributed by atoms with van der Waals surface area (Å²) < 4.78 is 19.1. The topological polar surface area (TPSA) is 32.7 Å². The van der Waals surface area contributed by atoms with Gasteiger partial charge in [-0.3, -0.25) is 0 Å². The number of halogens is 1. The van der Waals surface area contributed by atoms with Crippen LogP contribution in [0.25, 0.3) is 0 Å². The number of rotatable bonds is 5. The predicted molar refractivity (Wildman–Crippen MR) is 101 cm³/mol. The average Bonchev–Trinajstić information content (AvgIpc) is 2.62. The Labute approximate surface area is 155 Å². The molecule has 0 radical (unpaired) electrons. The van der Waals surface area contributed by atoms with Crippen LogP contribution in [0.15, 0.2) is 48.5 Å². The fourth-order valence-electron chi connectivity index (χ4n) is 3.87. The van der Waals surface area contributed by atoms with Gasteiger partial charge in [-0.15, -0.1) is 0 Å². The van der Waals surface area contributed by atoms with E-state index in [1.165, 1.54) is 17.7 Å². The number of nitrogens with zero attached hydrogens (tertiary/aromatic N) is 1. The van der Waals surface area contributed by atoms with Crippen molar-refractivity contribution in [1.29, 1.82) is 0 Å². The lowest BCUT2D eigenvalue weighted by Crippen LogP contribution is -2.53. The molecule has 2 aromatic rings. The lowest BCUT2D eigenvalue weighted by Gasteiger charge is -2.46. The molecule has 1 saturated carbocycles. The Bertz CT molecular complexity index is 714. The first-order valence-corrected chi connectivity index (χ1v) is 9.20. The van der Waals surface area contributed by atoms with Crippen molar-refractivity contribution < 1.29 is 14.2 Å². The van der Waals surface area contributed by atoms with Crippen LogP contribution in [-0.2, 0) is 16.9 Å². The van der Waals surface area contributed by atoms with Crippen molar-refractivity contribution in [3.63, 3.8) is 0 Å². The molecule has 0 aromatic heterocycles. The van der Waals surface area contributed by atoms with Crippen LogP contribution in [0.1, 0.15) is 36.0 Å². The maximum Gasteiger partial charge on any atom is 0.123 e. The van der Waals surface area contributed by atoms with E-state index in [9.17, 15) is 9.50 Å². The Morgan fingerprint density at radius 2 is 1.77 bits per heavy atom. The Kier molecular flexibility index (Phi) is 5.76. The molecule has 0 aliphatic heterocycles. The molecule has 0 saturated heterocycles. The third kappa shape index (κ3) is 4.14. The van der Waals surface area contributed by atoms with Crippen LogP contribution >= 0.6 is 0 Å². The summed E-state index contributed by atoms with van der Waals surface area (Å²) in [7, 11) is 4.01. The smallest absolute Gasteiger partial charge is 0.123 e. The highest BCUT2D eigenvalue weighted by Gasteiger charge is 2.44. The van der Waals surface area contributed by atoms with Crippen molar-refractivity contribution >= 4 is 0 Å². The van der Waals surface area contributed by atoms with Gasteiger partial charge in [-0.1, -0.05) is 42.0 Å². The van der Waals surface area contributed by atoms with Gasteiger partial charge in [0.15, 0.2) is 0 Å². The average molecular weight is 357 g/mol. The van der Waals surface area contributed by atoms with Crippen LogP contribution < -0.4 is 0 Å². The van der Waals surface area contributed by atoms with E-state index in [2.05, 4.69) is 24.0 Å². The Hall–Kier alpha value is -1.75. The first-order valence-electron chi connectivity index (χ1n) is 9.20. The Balaban J connectivity index is 1.69. The summed E-state index contributed by atoms with van der Waals surface area (Å²) in [6.07, 6.45) is 2.31. The highest BCUT2D eigenvalue weighted by atomic mass is 19.1. The van der Waals surface area contributed by atoms with Crippen LogP contribution in [0.4, 0.5) is 4.39 Å². The molecule has 1 N–H and O–H groups in total. The molecule has 3 nitrogen and oxygen atoms in total. The SMILES string of the molecule is Cc1ccc(C2(O)CCC(OCc3ccc(F)cc3)CC2N(C)C)cc1. The van der Waals surface area contributed by atoms with Gasteiger partial charge in [0.25, 0.3) is 0 Å². The van der Waals surface area contributed by atoms with Crippen molar-refractivity contribution in [2.75, 3.05) is 14.1 Å². The van der Waals surface area contributed by atoms with Crippen LogP contribution in [0, 0.1) is 12.7 Å². The number of aryl methyl sites for hydroxylation is 1. The summed E-state index contributed by atoms with van der Waals surface area (Å²) in [4.78, 5) is 2.09. The number of likely N-dealkylation sites (N-methyl/N-ethyl adjacent to an activating group) is 1. The maximum atomic E-state index is 13.0. The molecular weight excluding hydrogens is 329 g/mol. The Morgan fingerprint density at radius 3 is 2.38 bits per heavy atom. The number of ether oxygens (including phenoxy) is 1. The molecule has 0 amide bonds. The third-order valence-electron chi connectivity index (χ3n) is 5.46. The van der Waals surface area contributed by atoms with Gasteiger partial charge in [-0.25, -0.2) is 4.39 Å². The van der Waals surface area contributed by atoms with Crippen LogP contribution in [0.3, 0.4) is 0 Å². The van der Waals surface area contributed by atoms with E-state index in [0.717, 1.165) is 24.0 Å².